The number of nitrogens with one attached hydrogen (secondary N) is 2. The lowest BCUT2D eigenvalue weighted by Crippen LogP contribution is -2.51. The fourth-order valence-corrected chi connectivity index (χ4v) is 2.46. The van der Waals surface area contributed by atoms with Crippen LogP contribution >= 0.6 is 12.4 Å². The number of benzene rings is 1. The van der Waals surface area contributed by atoms with Gasteiger partial charge in [0, 0.05) is 24.7 Å². The Bertz CT molecular complexity index is 494. The molecule has 2 heterocycles. The largest absolute Gasteiger partial charge is 0.493 e. The monoisotopic (exact) mass is 300 g/mol. The van der Waals surface area contributed by atoms with E-state index in [4.69, 9.17) is 4.74 Å². The maximum Gasteiger partial charge on any atom is 0.226 e. The van der Waals surface area contributed by atoms with Crippen LogP contribution in [0.15, 0.2) is 18.2 Å². The van der Waals surface area contributed by atoms with Crippen molar-refractivity contribution < 1.29 is 13.9 Å². The van der Waals surface area contributed by atoms with Crippen LogP contribution in [-0.2, 0) is 4.79 Å². The first kappa shape index (κ1) is 15.1. The Hall–Kier alpha value is -1.33. The highest BCUT2D eigenvalue weighted by molar-refractivity contribution is 5.85. The molecule has 1 aromatic carbocycles. The molecule has 1 saturated heterocycles. The van der Waals surface area contributed by atoms with Crippen LogP contribution in [0.5, 0.6) is 5.75 Å². The van der Waals surface area contributed by atoms with Gasteiger partial charge in [-0.1, -0.05) is 6.07 Å². The highest BCUT2D eigenvalue weighted by Gasteiger charge is 2.28. The second-order valence-corrected chi connectivity index (χ2v) is 5.09. The van der Waals surface area contributed by atoms with E-state index in [1.807, 2.05) is 0 Å². The van der Waals surface area contributed by atoms with Gasteiger partial charge in [0.25, 0.3) is 0 Å². The van der Waals surface area contributed by atoms with Crippen molar-refractivity contribution >= 4 is 18.3 Å². The molecule has 1 amide bonds. The molecule has 110 valence electrons. The third-order valence-electron chi connectivity index (χ3n) is 3.71. The smallest absolute Gasteiger partial charge is 0.226 e. The summed E-state index contributed by atoms with van der Waals surface area (Å²) >= 11 is 0. The van der Waals surface area contributed by atoms with Gasteiger partial charge >= 0.3 is 0 Å². The Balaban J connectivity index is 0.00000147. The Morgan fingerprint density at radius 3 is 2.90 bits per heavy atom. The topological polar surface area (TPSA) is 50.4 Å². The van der Waals surface area contributed by atoms with Crippen LogP contribution in [0, 0.1) is 11.7 Å². The van der Waals surface area contributed by atoms with Crippen molar-refractivity contribution in [1.29, 1.82) is 0 Å². The molecule has 1 atom stereocenters. The van der Waals surface area contributed by atoms with Gasteiger partial charge in [-0.05, 0) is 18.9 Å². The van der Waals surface area contributed by atoms with Gasteiger partial charge in [-0.3, -0.25) is 4.79 Å². The maximum absolute atomic E-state index is 13.2. The normalized spacial score (nSPS) is 21.6. The Morgan fingerprint density at radius 2 is 2.20 bits per heavy atom. The Labute approximate surface area is 123 Å². The fraction of sp³-hybridized carbons (Fsp3) is 0.500. The van der Waals surface area contributed by atoms with Crippen molar-refractivity contribution in [2.75, 3.05) is 19.7 Å². The van der Waals surface area contributed by atoms with Gasteiger partial charge in [0.05, 0.1) is 18.6 Å². The van der Waals surface area contributed by atoms with Gasteiger partial charge in [0.15, 0.2) is 0 Å². The Kier molecular flexibility index (Phi) is 4.83. The summed E-state index contributed by atoms with van der Waals surface area (Å²) in [6.45, 7) is 2.05. The van der Waals surface area contributed by atoms with Gasteiger partial charge < -0.3 is 15.4 Å². The summed E-state index contributed by atoms with van der Waals surface area (Å²) in [4.78, 5) is 12.0. The van der Waals surface area contributed by atoms with Crippen molar-refractivity contribution in [3.63, 3.8) is 0 Å². The highest BCUT2D eigenvalue weighted by atomic mass is 35.5. The molecule has 1 aromatic rings. The minimum absolute atomic E-state index is 0. The van der Waals surface area contributed by atoms with Gasteiger partial charge in [0.2, 0.25) is 5.91 Å². The number of halogens is 2. The van der Waals surface area contributed by atoms with Crippen molar-refractivity contribution in [2.45, 2.75) is 18.9 Å². The van der Waals surface area contributed by atoms with Gasteiger partial charge in [-0.2, -0.15) is 0 Å². The van der Waals surface area contributed by atoms with Crippen LogP contribution in [0.4, 0.5) is 4.39 Å². The van der Waals surface area contributed by atoms with Crippen LogP contribution in [0.1, 0.15) is 24.4 Å². The minimum Gasteiger partial charge on any atom is -0.493 e. The summed E-state index contributed by atoms with van der Waals surface area (Å²) < 4.78 is 18.8. The molecule has 0 spiro atoms. The number of hydrogen-bond donors (Lipinski definition) is 2. The molecule has 1 fully saturated rings. The lowest BCUT2D eigenvalue weighted by molar-refractivity contribution is -0.127. The summed E-state index contributed by atoms with van der Waals surface area (Å²) in [5, 5.41) is 6.14. The predicted octanol–water partition coefficient (Wildman–Crippen LogP) is 1.80. The lowest BCUT2D eigenvalue weighted by Gasteiger charge is -2.28. The zero-order chi connectivity index (χ0) is 13.2. The molecule has 2 N–H and O–H groups in total. The van der Waals surface area contributed by atoms with Crippen molar-refractivity contribution in [3.8, 4) is 5.75 Å². The first-order chi connectivity index (χ1) is 9.24. The average Bonchev–Trinajstić information content (AvgIpc) is 2.49. The highest BCUT2D eigenvalue weighted by Crippen LogP contribution is 2.32. The van der Waals surface area contributed by atoms with Crippen LogP contribution in [0.2, 0.25) is 0 Å². The third-order valence-corrected chi connectivity index (χ3v) is 3.71. The van der Waals surface area contributed by atoms with Crippen LogP contribution in [0.3, 0.4) is 0 Å². The molecular formula is C14H18ClFN2O2. The first-order valence-electron chi connectivity index (χ1n) is 6.67. The molecule has 0 radical (unpaired) electrons. The fourth-order valence-electron chi connectivity index (χ4n) is 2.46. The van der Waals surface area contributed by atoms with E-state index in [9.17, 15) is 9.18 Å². The van der Waals surface area contributed by atoms with Crippen LogP contribution in [0.25, 0.3) is 0 Å². The molecule has 0 bridgehead atoms. The van der Waals surface area contributed by atoms with Crippen LogP contribution in [-0.4, -0.2) is 25.6 Å². The van der Waals surface area contributed by atoms with Crippen molar-refractivity contribution in [1.82, 2.24) is 10.6 Å². The quantitative estimate of drug-likeness (QED) is 0.875. The number of carbonyl (C=O) groups excluding carboxylic acids is 1. The number of hydrogen-bond acceptors (Lipinski definition) is 3. The standard InChI is InChI=1S/C14H17FN2O2.ClH/c15-10-3-4-11-12(2-1-5-19-13(11)6-10)17-14(18)9-7-16-8-9;/h3-4,6,9,12,16H,1-2,5,7-8H2,(H,17,18);1H. The number of rotatable bonds is 2. The Morgan fingerprint density at radius 1 is 1.40 bits per heavy atom. The summed E-state index contributed by atoms with van der Waals surface area (Å²) in [6.07, 6.45) is 1.68. The molecule has 3 rings (SSSR count). The second kappa shape index (κ2) is 6.41. The van der Waals surface area contributed by atoms with Crippen molar-refractivity contribution in [2.24, 2.45) is 5.92 Å². The van der Waals surface area contributed by atoms with Gasteiger partial charge in [-0.25, -0.2) is 4.39 Å². The molecule has 6 heteroatoms. The molecular weight excluding hydrogens is 283 g/mol. The SMILES string of the molecule is Cl.O=C(NC1CCCOc2cc(F)ccc21)C1CNC1. The van der Waals surface area contributed by atoms with E-state index in [0.717, 1.165) is 31.5 Å². The van der Waals surface area contributed by atoms with Gasteiger partial charge in [-0.15, -0.1) is 12.4 Å². The number of amides is 1. The van der Waals surface area contributed by atoms with E-state index in [1.54, 1.807) is 6.07 Å². The summed E-state index contributed by atoms with van der Waals surface area (Å²) in [6, 6.07) is 4.44. The molecule has 2 aliphatic heterocycles. The zero-order valence-electron chi connectivity index (χ0n) is 11.0. The molecule has 1 unspecified atom stereocenters. The molecule has 20 heavy (non-hydrogen) atoms. The number of fused-ring (bicyclic) bond motifs is 1. The van der Waals surface area contributed by atoms with Crippen LogP contribution < -0.4 is 15.4 Å². The van der Waals surface area contributed by atoms with E-state index in [1.165, 1.54) is 12.1 Å². The second-order valence-electron chi connectivity index (χ2n) is 5.09. The summed E-state index contributed by atoms with van der Waals surface area (Å²) in [5.74, 6) is 0.373. The number of carbonyl (C=O) groups is 1. The maximum atomic E-state index is 13.2. The molecule has 2 aliphatic rings. The molecule has 0 aliphatic carbocycles. The third kappa shape index (κ3) is 3.04. The lowest BCUT2D eigenvalue weighted by atomic mass is 9.98. The zero-order valence-corrected chi connectivity index (χ0v) is 11.8. The summed E-state index contributed by atoms with van der Waals surface area (Å²) in [7, 11) is 0. The van der Waals surface area contributed by atoms with E-state index < -0.39 is 0 Å². The summed E-state index contributed by atoms with van der Waals surface area (Å²) in [5.41, 5.74) is 0.875. The van der Waals surface area contributed by atoms with Crippen molar-refractivity contribution in [3.05, 3.63) is 29.6 Å². The first-order valence-corrected chi connectivity index (χ1v) is 6.67. The molecule has 0 saturated carbocycles. The van der Waals surface area contributed by atoms with E-state index in [2.05, 4.69) is 10.6 Å². The minimum atomic E-state index is -0.311. The molecule has 0 aromatic heterocycles. The van der Waals surface area contributed by atoms with E-state index in [-0.39, 0.29) is 36.1 Å². The predicted molar refractivity (Wildman–Crippen MR) is 75.6 cm³/mol. The average molecular weight is 301 g/mol. The van der Waals surface area contributed by atoms with E-state index >= 15 is 0 Å². The van der Waals surface area contributed by atoms with Gasteiger partial charge in [0.1, 0.15) is 11.6 Å². The number of ether oxygens (including phenoxy) is 1. The van der Waals surface area contributed by atoms with E-state index in [0.29, 0.717) is 12.4 Å². The molecule has 4 nitrogen and oxygen atoms in total.